The molecule has 0 aliphatic carbocycles. The van der Waals surface area contributed by atoms with Gasteiger partial charge in [0.05, 0.1) is 5.52 Å². The van der Waals surface area contributed by atoms with Gasteiger partial charge in [-0.1, -0.05) is 30.3 Å². The molecule has 0 amide bonds. The van der Waals surface area contributed by atoms with Crippen molar-refractivity contribution in [3.05, 3.63) is 75.5 Å². The molecule has 3 heteroatoms. The molecule has 19 heavy (non-hydrogen) atoms. The number of ketones is 1. The molecule has 1 heterocycles. The van der Waals surface area contributed by atoms with E-state index in [4.69, 9.17) is 0 Å². The molecule has 92 valence electrons. The van der Waals surface area contributed by atoms with E-state index in [1.54, 1.807) is 6.20 Å². The molecule has 0 saturated carbocycles. The minimum absolute atomic E-state index is 0.0169. The second-order valence-electron chi connectivity index (χ2n) is 4.23. The fraction of sp³-hybridized carbons (Fsp3) is 0. The van der Waals surface area contributed by atoms with Crippen LogP contribution >= 0.6 is 22.6 Å². The van der Waals surface area contributed by atoms with Gasteiger partial charge in [-0.05, 0) is 46.9 Å². The molecular weight excluding hydrogens is 349 g/mol. The first-order valence-electron chi connectivity index (χ1n) is 5.90. The first-order chi connectivity index (χ1) is 9.25. The highest BCUT2D eigenvalue weighted by molar-refractivity contribution is 14.1. The summed E-state index contributed by atoms with van der Waals surface area (Å²) >= 11 is 2.18. The standard InChI is InChI=1S/C16H10INO/c17-14-7-3-2-6-13(14)16(19)12-9-11-5-1-4-8-15(11)18-10-12/h1-10H. The van der Waals surface area contributed by atoms with Crippen molar-refractivity contribution in [2.45, 2.75) is 0 Å². The minimum atomic E-state index is 0.0169. The highest BCUT2D eigenvalue weighted by Crippen LogP contribution is 2.19. The van der Waals surface area contributed by atoms with E-state index in [1.165, 1.54) is 0 Å². The molecule has 0 aliphatic rings. The van der Waals surface area contributed by atoms with Gasteiger partial charge in [0.2, 0.25) is 0 Å². The molecular formula is C16H10INO. The van der Waals surface area contributed by atoms with E-state index in [9.17, 15) is 4.79 Å². The first kappa shape index (κ1) is 12.3. The molecule has 0 saturated heterocycles. The van der Waals surface area contributed by atoms with Gasteiger partial charge >= 0.3 is 0 Å². The second-order valence-corrected chi connectivity index (χ2v) is 5.39. The van der Waals surface area contributed by atoms with Gasteiger partial charge in [0.25, 0.3) is 0 Å². The zero-order valence-electron chi connectivity index (χ0n) is 10.0. The number of fused-ring (bicyclic) bond motifs is 1. The summed E-state index contributed by atoms with van der Waals surface area (Å²) in [6, 6.07) is 17.3. The number of para-hydroxylation sites is 1. The van der Waals surface area contributed by atoms with Crippen LogP contribution in [-0.2, 0) is 0 Å². The average molecular weight is 359 g/mol. The Kier molecular flexibility index (Phi) is 3.29. The minimum Gasteiger partial charge on any atom is -0.289 e. The molecule has 3 rings (SSSR count). The second kappa shape index (κ2) is 5.09. The van der Waals surface area contributed by atoms with Crippen LogP contribution in [0.4, 0.5) is 0 Å². The highest BCUT2D eigenvalue weighted by atomic mass is 127. The molecule has 0 unspecified atom stereocenters. The molecule has 0 radical (unpaired) electrons. The highest BCUT2D eigenvalue weighted by Gasteiger charge is 2.12. The van der Waals surface area contributed by atoms with Crippen LogP contribution in [0.3, 0.4) is 0 Å². The van der Waals surface area contributed by atoms with Gasteiger partial charge in [0.1, 0.15) is 0 Å². The number of benzene rings is 2. The molecule has 3 aromatic rings. The molecule has 1 aromatic heterocycles. The molecule has 0 fully saturated rings. The number of pyridine rings is 1. The van der Waals surface area contributed by atoms with Crippen LogP contribution in [0.25, 0.3) is 10.9 Å². The Balaban J connectivity index is 2.09. The Morgan fingerprint density at radius 2 is 1.74 bits per heavy atom. The Bertz CT molecular complexity index is 767. The van der Waals surface area contributed by atoms with Gasteiger partial charge < -0.3 is 0 Å². The van der Waals surface area contributed by atoms with Gasteiger partial charge in [0, 0.05) is 26.3 Å². The largest absolute Gasteiger partial charge is 0.289 e. The number of hydrogen-bond donors (Lipinski definition) is 0. The van der Waals surface area contributed by atoms with Crippen LogP contribution in [-0.4, -0.2) is 10.8 Å². The van der Waals surface area contributed by atoms with E-state index in [2.05, 4.69) is 27.6 Å². The summed E-state index contributed by atoms with van der Waals surface area (Å²) in [6.45, 7) is 0. The molecule has 0 atom stereocenters. The summed E-state index contributed by atoms with van der Waals surface area (Å²) in [6.07, 6.45) is 1.65. The van der Waals surface area contributed by atoms with Crippen molar-refractivity contribution in [2.24, 2.45) is 0 Å². The number of rotatable bonds is 2. The normalized spacial score (nSPS) is 10.6. The quantitative estimate of drug-likeness (QED) is 0.510. The number of hydrogen-bond acceptors (Lipinski definition) is 2. The number of nitrogens with zero attached hydrogens (tertiary/aromatic N) is 1. The third-order valence-corrected chi connectivity index (χ3v) is 3.91. The Morgan fingerprint density at radius 1 is 1.00 bits per heavy atom. The number of carbonyl (C=O) groups is 1. The first-order valence-corrected chi connectivity index (χ1v) is 6.97. The summed E-state index contributed by atoms with van der Waals surface area (Å²) < 4.78 is 0.957. The molecule has 2 aromatic carbocycles. The van der Waals surface area contributed by atoms with Crippen LogP contribution in [0.5, 0.6) is 0 Å². The third kappa shape index (κ3) is 2.38. The molecule has 0 bridgehead atoms. The molecule has 0 N–H and O–H groups in total. The molecule has 2 nitrogen and oxygen atoms in total. The summed E-state index contributed by atoms with van der Waals surface area (Å²) in [5.41, 5.74) is 2.25. The van der Waals surface area contributed by atoms with Crippen molar-refractivity contribution >= 4 is 39.3 Å². The Hall–Kier alpha value is -1.75. The van der Waals surface area contributed by atoms with Crippen molar-refractivity contribution in [2.75, 3.05) is 0 Å². The maximum Gasteiger partial charge on any atom is 0.195 e. The van der Waals surface area contributed by atoms with Gasteiger partial charge in [-0.3, -0.25) is 9.78 Å². The fourth-order valence-corrected chi connectivity index (χ4v) is 2.63. The van der Waals surface area contributed by atoms with Crippen molar-refractivity contribution in [3.63, 3.8) is 0 Å². The van der Waals surface area contributed by atoms with Crippen molar-refractivity contribution in [1.82, 2.24) is 4.98 Å². The van der Waals surface area contributed by atoms with Crippen LogP contribution in [0.1, 0.15) is 15.9 Å². The van der Waals surface area contributed by atoms with Crippen molar-refractivity contribution in [1.29, 1.82) is 0 Å². The van der Waals surface area contributed by atoms with Crippen LogP contribution in [0.15, 0.2) is 60.8 Å². The maximum absolute atomic E-state index is 12.5. The lowest BCUT2D eigenvalue weighted by atomic mass is 10.0. The monoisotopic (exact) mass is 359 g/mol. The summed E-state index contributed by atoms with van der Waals surface area (Å²) in [4.78, 5) is 16.8. The van der Waals surface area contributed by atoms with E-state index < -0.39 is 0 Å². The van der Waals surface area contributed by atoms with Gasteiger partial charge in [-0.2, -0.15) is 0 Å². The van der Waals surface area contributed by atoms with E-state index in [-0.39, 0.29) is 5.78 Å². The topological polar surface area (TPSA) is 30.0 Å². The summed E-state index contributed by atoms with van der Waals surface area (Å²) in [5.74, 6) is 0.0169. The van der Waals surface area contributed by atoms with Gasteiger partial charge in [0.15, 0.2) is 5.78 Å². The zero-order chi connectivity index (χ0) is 13.2. The Morgan fingerprint density at radius 3 is 2.58 bits per heavy atom. The molecule has 0 spiro atoms. The maximum atomic E-state index is 12.5. The van der Waals surface area contributed by atoms with Gasteiger partial charge in [-0.25, -0.2) is 0 Å². The fourth-order valence-electron chi connectivity index (χ4n) is 2.00. The molecule has 0 aliphatic heterocycles. The lowest BCUT2D eigenvalue weighted by Crippen LogP contribution is -2.04. The SMILES string of the molecule is O=C(c1cnc2ccccc2c1)c1ccccc1I. The summed E-state index contributed by atoms with van der Waals surface area (Å²) in [7, 11) is 0. The predicted octanol–water partition coefficient (Wildman–Crippen LogP) is 4.07. The lowest BCUT2D eigenvalue weighted by molar-refractivity contribution is 0.103. The number of halogens is 1. The third-order valence-electron chi connectivity index (χ3n) is 2.97. The van der Waals surface area contributed by atoms with Crippen LogP contribution in [0.2, 0.25) is 0 Å². The zero-order valence-corrected chi connectivity index (χ0v) is 12.2. The van der Waals surface area contributed by atoms with Crippen molar-refractivity contribution in [3.8, 4) is 0 Å². The van der Waals surface area contributed by atoms with E-state index in [0.717, 1.165) is 20.0 Å². The van der Waals surface area contributed by atoms with Crippen LogP contribution in [0, 0.1) is 3.57 Å². The number of aromatic nitrogens is 1. The lowest BCUT2D eigenvalue weighted by Gasteiger charge is -2.04. The summed E-state index contributed by atoms with van der Waals surface area (Å²) in [5, 5.41) is 0.985. The average Bonchev–Trinajstić information content (AvgIpc) is 2.46. The van der Waals surface area contributed by atoms with Crippen LogP contribution < -0.4 is 0 Å². The van der Waals surface area contributed by atoms with Gasteiger partial charge in [-0.15, -0.1) is 0 Å². The van der Waals surface area contributed by atoms with E-state index in [1.807, 2.05) is 54.6 Å². The number of carbonyl (C=O) groups excluding carboxylic acids is 1. The predicted molar refractivity (Wildman–Crippen MR) is 84.3 cm³/mol. The van der Waals surface area contributed by atoms with Crippen molar-refractivity contribution < 1.29 is 4.79 Å². The van der Waals surface area contributed by atoms with E-state index in [0.29, 0.717) is 5.56 Å². The Labute approximate surface area is 124 Å². The smallest absolute Gasteiger partial charge is 0.195 e. The van der Waals surface area contributed by atoms with E-state index >= 15 is 0 Å².